The zero-order valence-electron chi connectivity index (χ0n) is 16.7. The molecule has 5 nitrogen and oxygen atoms in total. The third kappa shape index (κ3) is 3.48. The number of nitrogens with zero attached hydrogens (tertiary/aromatic N) is 4. The highest BCUT2D eigenvalue weighted by atomic mass is 19.1. The molecule has 0 aliphatic heterocycles. The molecule has 0 aliphatic carbocycles. The minimum atomic E-state index is -0.315. The van der Waals surface area contributed by atoms with Gasteiger partial charge in [-0.05, 0) is 42.8 Å². The number of hydrogen-bond acceptors (Lipinski definition) is 4. The lowest BCUT2D eigenvalue weighted by molar-refractivity contribution is 0.112. The van der Waals surface area contributed by atoms with Crippen molar-refractivity contribution in [1.82, 2.24) is 19.7 Å². The Bertz CT molecular complexity index is 1410. The fraction of sp³-hybridized carbons (Fsp3) is 0.0400. The third-order valence-electron chi connectivity index (χ3n) is 5.14. The molecule has 2 aromatic carbocycles. The molecule has 3 heterocycles. The lowest BCUT2D eigenvalue weighted by atomic mass is 10.0. The summed E-state index contributed by atoms with van der Waals surface area (Å²) in [5.74, 6) is 0.198. The van der Waals surface area contributed by atoms with Crippen LogP contribution in [0.15, 0.2) is 79.1 Å². The summed E-state index contributed by atoms with van der Waals surface area (Å²) in [5, 5.41) is 5.54. The highest BCUT2D eigenvalue weighted by Crippen LogP contribution is 2.30. The van der Waals surface area contributed by atoms with Crippen molar-refractivity contribution in [2.45, 2.75) is 6.92 Å². The quantitative estimate of drug-likeness (QED) is 0.373. The molecule has 0 amide bonds. The molecule has 6 heteroatoms. The fourth-order valence-corrected chi connectivity index (χ4v) is 3.53. The van der Waals surface area contributed by atoms with Crippen molar-refractivity contribution in [3.63, 3.8) is 0 Å². The van der Waals surface area contributed by atoms with Crippen molar-refractivity contribution in [3.05, 3.63) is 96.1 Å². The van der Waals surface area contributed by atoms with E-state index in [2.05, 4.69) is 10.1 Å². The molecule has 5 rings (SSSR count). The molecule has 0 bridgehead atoms. The molecule has 0 saturated carbocycles. The van der Waals surface area contributed by atoms with Gasteiger partial charge in [-0.25, -0.2) is 19.0 Å². The van der Waals surface area contributed by atoms with E-state index >= 15 is 0 Å². The van der Waals surface area contributed by atoms with Crippen LogP contribution >= 0.6 is 0 Å². The van der Waals surface area contributed by atoms with Crippen LogP contribution < -0.4 is 0 Å². The molecule has 0 saturated heterocycles. The maximum Gasteiger partial charge on any atom is 0.163 e. The molecular formula is C25H17FN4O. The Kier molecular flexibility index (Phi) is 4.59. The zero-order valence-corrected chi connectivity index (χ0v) is 16.7. The number of carbonyl (C=O) groups excluding carboxylic acids is 1. The Labute approximate surface area is 177 Å². The first kappa shape index (κ1) is 18.8. The number of hydrogen-bond donors (Lipinski definition) is 0. The van der Waals surface area contributed by atoms with E-state index in [4.69, 9.17) is 4.98 Å². The van der Waals surface area contributed by atoms with E-state index in [1.807, 2.05) is 49.4 Å². The van der Waals surface area contributed by atoms with Gasteiger partial charge in [-0.2, -0.15) is 5.10 Å². The Hall–Kier alpha value is -4.19. The van der Waals surface area contributed by atoms with Gasteiger partial charge < -0.3 is 0 Å². The first-order chi connectivity index (χ1) is 15.1. The van der Waals surface area contributed by atoms with Gasteiger partial charge in [-0.1, -0.05) is 42.0 Å². The Morgan fingerprint density at radius 3 is 2.45 bits per heavy atom. The second-order valence-electron chi connectivity index (χ2n) is 7.28. The van der Waals surface area contributed by atoms with E-state index in [0.29, 0.717) is 22.7 Å². The lowest BCUT2D eigenvalue weighted by Crippen LogP contribution is -2.03. The number of pyridine rings is 2. The maximum atomic E-state index is 13.5. The van der Waals surface area contributed by atoms with Crippen molar-refractivity contribution in [3.8, 4) is 28.2 Å². The number of benzene rings is 2. The summed E-state index contributed by atoms with van der Waals surface area (Å²) >= 11 is 0. The fourth-order valence-electron chi connectivity index (χ4n) is 3.53. The van der Waals surface area contributed by atoms with Crippen molar-refractivity contribution in [1.29, 1.82) is 0 Å². The van der Waals surface area contributed by atoms with Crippen LogP contribution in [0.3, 0.4) is 0 Å². The topological polar surface area (TPSA) is 60.7 Å². The molecule has 0 spiro atoms. The monoisotopic (exact) mass is 408 g/mol. The first-order valence-electron chi connectivity index (χ1n) is 9.76. The molecule has 0 aliphatic rings. The number of aromatic nitrogens is 4. The van der Waals surface area contributed by atoms with E-state index in [-0.39, 0.29) is 5.82 Å². The summed E-state index contributed by atoms with van der Waals surface area (Å²) in [4.78, 5) is 20.9. The van der Waals surface area contributed by atoms with E-state index in [9.17, 15) is 9.18 Å². The predicted octanol–water partition coefficient (Wildman–Crippen LogP) is 5.41. The summed E-state index contributed by atoms with van der Waals surface area (Å²) in [6, 6.07) is 19.7. The van der Waals surface area contributed by atoms with Crippen LogP contribution in [0.5, 0.6) is 0 Å². The predicted molar refractivity (Wildman–Crippen MR) is 118 cm³/mol. The summed E-state index contributed by atoms with van der Waals surface area (Å²) < 4.78 is 15.1. The Balaban J connectivity index is 1.74. The highest BCUT2D eigenvalue weighted by molar-refractivity contribution is 5.87. The molecule has 150 valence electrons. The second kappa shape index (κ2) is 7.57. The third-order valence-corrected chi connectivity index (χ3v) is 5.14. The standard InChI is InChI=1S/C25H17FN4O/c1-16-4-6-18(7-5-16)23-20(15-31)14-30(29-23)25-22(17-8-10-21(26)11-9-17)13-19-3-2-12-27-24(19)28-25/h2-15H,1H3. The Morgan fingerprint density at radius 1 is 0.968 bits per heavy atom. The highest BCUT2D eigenvalue weighted by Gasteiger charge is 2.17. The van der Waals surface area contributed by atoms with Gasteiger partial charge in [-0.15, -0.1) is 0 Å². The number of carbonyl (C=O) groups is 1. The van der Waals surface area contributed by atoms with Crippen molar-refractivity contribution < 1.29 is 9.18 Å². The van der Waals surface area contributed by atoms with Crippen LogP contribution in [0.25, 0.3) is 39.2 Å². The molecule has 0 N–H and O–H groups in total. The summed E-state index contributed by atoms with van der Waals surface area (Å²) in [6.45, 7) is 2.00. The van der Waals surface area contributed by atoms with Crippen LogP contribution in [0, 0.1) is 12.7 Å². The second-order valence-corrected chi connectivity index (χ2v) is 7.28. The molecule has 0 unspecified atom stereocenters. The van der Waals surface area contributed by atoms with Gasteiger partial charge in [-0.3, -0.25) is 4.79 Å². The molecule has 0 radical (unpaired) electrons. The van der Waals surface area contributed by atoms with Gasteiger partial charge in [0.15, 0.2) is 17.8 Å². The van der Waals surface area contributed by atoms with Gasteiger partial charge in [0.25, 0.3) is 0 Å². The molecule has 0 fully saturated rings. The molecule has 5 aromatic rings. The van der Waals surface area contributed by atoms with Gasteiger partial charge in [0.05, 0.1) is 5.56 Å². The summed E-state index contributed by atoms with van der Waals surface area (Å²) in [6.07, 6.45) is 4.12. The number of rotatable bonds is 4. The van der Waals surface area contributed by atoms with Crippen molar-refractivity contribution in [2.75, 3.05) is 0 Å². The van der Waals surface area contributed by atoms with Crippen LogP contribution in [0.4, 0.5) is 4.39 Å². The summed E-state index contributed by atoms with van der Waals surface area (Å²) in [7, 11) is 0. The lowest BCUT2D eigenvalue weighted by Gasteiger charge is -2.11. The van der Waals surface area contributed by atoms with E-state index in [1.165, 1.54) is 12.1 Å². The van der Waals surface area contributed by atoms with Crippen LogP contribution in [-0.4, -0.2) is 26.0 Å². The SMILES string of the molecule is Cc1ccc(-c2nn(-c3nc4ncccc4cc3-c3ccc(F)cc3)cc2C=O)cc1. The summed E-state index contributed by atoms with van der Waals surface area (Å²) in [5.41, 5.74) is 5.10. The smallest absolute Gasteiger partial charge is 0.163 e. The minimum absolute atomic E-state index is 0.315. The molecule has 0 atom stereocenters. The normalized spacial score (nSPS) is 11.0. The van der Waals surface area contributed by atoms with Crippen molar-refractivity contribution in [2.24, 2.45) is 0 Å². The van der Waals surface area contributed by atoms with Crippen molar-refractivity contribution >= 4 is 17.3 Å². The van der Waals surface area contributed by atoms with Gasteiger partial charge in [0.1, 0.15) is 11.5 Å². The molecule has 31 heavy (non-hydrogen) atoms. The number of aldehydes is 1. The average Bonchev–Trinajstić information content (AvgIpc) is 3.23. The van der Waals surface area contributed by atoms with Gasteiger partial charge in [0, 0.05) is 28.9 Å². The maximum absolute atomic E-state index is 13.5. The van der Waals surface area contributed by atoms with Gasteiger partial charge >= 0.3 is 0 Å². The van der Waals surface area contributed by atoms with Crippen LogP contribution in [0.2, 0.25) is 0 Å². The van der Waals surface area contributed by atoms with E-state index < -0.39 is 0 Å². The Morgan fingerprint density at radius 2 is 1.71 bits per heavy atom. The first-order valence-corrected chi connectivity index (χ1v) is 9.76. The zero-order chi connectivity index (χ0) is 21.4. The van der Waals surface area contributed by atoms with E-state index in [1.54, 1.807) is 29.2 Å². The number of fused-ring (bicyclic) bond motifs is 1. The average molecular weight is 408 g/mol. The van der Waals surface area contributed by atoms with Crippen LogP contribution in [-0.2, 0) is 0 Å². The van der Waals surface area contributed by atoms with E-state index in [0.717, 1.165) is 33.9 Å². The number of halogens is 1. The largest absolute Gasteiger partial charge is 0.298 e. The van der Waals surface area contributed by atoms with Gasteiger partial charge in [0.2, 0.25) is 0 Å². The molecular weight excluding hydrogens is 391 g/mol. The minimum Gasteiger partial charge on any atom is -0.298 e. The number of aryl methyl sites for hydroxylation is 1. The molecule has 3 aromatic heterocycles. The van der Waals surface area contributed by atoms with Crippen LogP contribution in [0.1, 0.15) is 15.9 Å².